The minimum atomic E-state index is -5.09. The van der Waals surface area contributed by atoms with E-state index < -0.39 is 158 Å². The van der Waals surface area contributed by atoms with E-state index in [-0.39, 0.29) is 0 Å². The lowest BCUT2D eigenvalue weighted by Gasteiger charge is -2.49. The number of carboxylic acid groups (broad SMARTS) is 2. The molecule has 0 aromatic rings. The fourth-order valence-corrected chi connectivity index (χ4v) is 6.53. The second kappa shape index (κ2) is 17.3. The van der Waals surface area contributed by atoms with E-state index in [2.05, 4.69) is 5.32 Å². The standard InChI is InChI=1S/C26H40N2O24S/c1-5(31)27-11-14(35)18(49-25-12(33)6(32)2-7(47-25)21(38)39)9(4-30)48-24(11)51-19-15(36)16(37)26(52-20(19)22(40)41)50-17-8(3-29)46-23(42)10(13(17)34)28-53(43,44)45/h2,6,8-20,23-26,28-30,32-37,42H,3-4H2,1H3,(H,27,31)(H,38,39)(H,40,41)(H,43,44,45)/t6-,8+,9+,10+,11+,12+,13+,14+,15+,16+,17+,18+,19-,20+,23+,24-,25-,26+/m0/s1. The van der Waals surface area contributed by atoms with Crippen molar-refractivity contribution in [2.75, 3.05) is 13.2 Å². The molecule has 18 atom stereocenters. The van der Waals surface area contributed by atoms with Crippen molar-refractivity contribution in [1.29, 1.82) is 0 Å². The van der Waals surface area contributed by atoms with Crippen LogP contribution in [0.15, 0.2) is 11.8 Å². The Bertz CT molecular complexity index is 1450. The fraction of sp³-hybridized carbons (Fsp3) is 0.808. The lowest BCUT2D eigenvalue weighted by Crippen LogP contribution is -2.70. The zero-order valence-electron chi connectivity index (χ0n) is 27.1. The van der Waals surface area contributed by atoms with Gasteiger partial charge in [-0.15, -0.1) is 0 Å². The zero-order valence-corrected chi connectivity index (χ0v) is 27.9. The lowest BCUT2D eigenvalue weighted by molar-refractivity contribution is -0.365. The maximum absolute atomic E-state index is 12.4. The van der Waals surface area contributed by atoms with E-state index in [1.54, 1.807) is 0 Å². The third kappa shape index (κ3) is 9.73. The van der Waals surface area contributed by atoms with Crippen molar-refractivity contribution in [2.45, 2.75) is 117 Å². The van der Waals surface area contributed by atoms with E-state index in [1.165, 1.54) is 4.72 Å². The van der Waals surface area contributed by atoms with Crippen LogP contribution in [0.25, 0.3) is 0 Å². The molecule has 0 aliphatic carbocycles. The Morgan fingerprint density at radius 1 is 0.736 bits per heavy atom. The topological polar surface area (TPSA) is 417 Å². The summed E-state index contributed by atoms with van der Waals surface area (Å²) >= 11 is 0. The predicted molar refractivity (Wildman–Crippen MR) is 157 cm³/mol. The number of ether oxygens (including phenoxy) is 7. The third-order valence-corrected chi connectivity index (χ3v) is 9.02. The molecule has 0 unspecified atom stereocenters. The molecular formula is C26H40N2O24S. The van der Waals surface area contributed by atoms with Gasteiger partial charge in [-0.3, -0.25) is 9.35 Å². The molecule has 0 bridgehead atoms. The molecule has 0 radical (unpaired) electrons. The Balaban J connectivity index is 1.56. The van der Waals surface area contributed by atoms with Gasteiger partial charge in [-0.1, -0.05) is 0 Å². The molecule has 4 aliphatic heterocycles. The highest BCUT2D eigenvalue weighted by molar-refractivity contribution is 7.83. The van der Waals surface area contributed by atoms with Gasteiger partial charge in [0.2, 0.25) is 18.0 Å². The molecule has 53 heavy (non-hydrogen) atoms. The first-order chi connectivity index (χ1) is 24.7. The molecule has 4 heterocycles. The van der Waals surface area contributed by atoms with E-state index in [0.717, 1.165) is 6.92 Å². The first-order valence-corrected chi connectivity index (χ1v) is 16.9. The number of amides is 1. The van der Waals surface area contributed by atoms with Crippen LogP contribution in [0, 0.1) is 0 Å². The summed E-state index contributed by atoms with van der Waals surface area (Å²) in [6, 6.07) is -3.83. The van der Waals surface area contributed by atoms with Gasteiger partial charge in [0.15, 0.2) is 25.0 Å². The number of aliphatic hydroxyl groups is 9. The summed E-state index contributed by atoms with van der Waals surface area (Å²) in [4.78, 5) is 35.9. The van der Waals surface area contributed by atoms with Crippen LogP contribution in [-0.4, -0.2) is 211 Å². The van der Waals surface area contributed by atoms with E-state index in [9.17, 15) is 79.0 Å². The van der Waals surface area contributed by atoms with Crippen LogP contribution < -0.4 is 10.0 Å². The van der Waals surface area contributed by atoms with Crippen molar-refractivity contribution in [3.05, 3.63) is 11.8 Å². The van der Waals surface area contributed by atoms with Gasteiger partial charge >= 0.3 is 22.2 Å². The average Bonchev–Trinajstić information content (AvgIpc) is 3.07. The Morgan fingerprint density at radius 2 is 1.28 bits per heavy atom. The molecular weight excluding hydrogens is 756 g/mol. The van der Waals surface area contributed by atoms with Gasteiger partial charge in [0.05, 0.1) is 13.2 Å². The van der Waals surface area contributed by atoms with Crippen molar-refractivity contribution < 1.29 is 117 Å². The monoisotopic (exact) mass is 796 g/mol. The quantitative estimate of drug-likeness (QED) is 0.0769. The number of aliphatic carboxylic acids is 2. The molecule has 3 saturated heterocycles. The fourth-order valence-electron chi connectivity index (χ4n) is 5.93. The summed E-state index contributed by atoms with van der Waals surface area (Å²) in [5.41, 5.74) is 0. The van der Waals surface area contributed by atoms with Crippen LogP contribution in [0.1, 0.15) is 6.92 Å². The van der Waals surface area contributed by atoms with Crippen molar-refractivity contribution in [1.82, 2.24) is 10.0 Å². The SMILES string of the molecule is CC(=O)N[C@H]1[C@H](O[C@H]2[C@H](O)[C@@H](O)[C@H](O[C@H]3[C@H](O)[C@@H](NS(=O)(=O)O)[C@H](O)O[C@@H]3CO)O[C@H]2C(=O)O)O[C@H](CO)[C@@H](O[C@@H]2OC(C(=O)O)=C[C@H](O)[C@H]2O)[C@@H]1O. The zero-order chi connectivity index (χ0) is 39.7. The molecule has 4 aliphatic rings. The first kappa shape index (κ1) is 43.0. The van der Waals surface area contributed by atoms with Crippen LogP contribution in [0.4, 0.5) is 0 Å². The van der Waals surface area contributed by atoms with E-state index in [4.69, 9.17) is 37.7 Å². The number of carbonyl (C=O) groups is 3. The molecule has 0 aromatic heterocycles. The smallest absolute Gasteiger partial charge is 0.371 e. The Morgan fingerprint density at radius 3 is 1.81 bits per heavy atom. The van der Waals surface area contributed by atoms with Crippen molar-refractivity contribution >= 4 is 28.1 Å². The molecule has 27 heteroatoms. The molecule has 3 fully saturated rings. The van der Waals surface area contributed by atoms with E-state index in [1.807, 2.05) is 0 Å². The summed E-state index contributed by atoms with van der Waals surface area (Å²) in [5.74, 6) is -5.28. The molecule has 4 rings (SSSR count). The van der Waals surface area contributed by atoms with Gasteiger partial charge in [-0.05, 0) is 6.08 Å². The Kier molecular flexibility index (Phi) is 14.1. The molecule has 0 spiro atoms. The van der Waals surface area contributed by atoms with Crippen molar-refractivity contribution in [3.63, 3.8) is 0 Å². The third-order valence-electron chi connectivity index (χ3n) is 8.45. The normalized spacial score (nSPS) is 43.6. The highest BCUT2D eigenvalue weighted by Crippen LogP contribution is 2.34. The number of aliphatic hydroxyl groups excluding tert-OH is 9. The van der Waals surface area contributed by atoms with Crippen LogP contribution in [0.5, 0.6) is 0 Å². The minimum absolute atomic E-state index is 0.660. The van der Waals surface area contributed by atoms with E-state index in [0.29, 0.717) is 6.08 Å². The molecule has 14 N–H and O–H groups in total. The maximum atomic E-state index is 12.4. The van der Waals surface area contributed by atoms with Crippen LogP contribution >= 0.6 is 0 Å². The largest absolute Gasteiger partial charge is 0.479 e. The van der Waals surface area contributed by atoms with Crippen LogP contribution in [-0.2, 0) is 57.8 Å². The number of rotatable bonds is 13. The second-order valence-corrected chi connectivity index (χ2v) is 13.3. The molecule has 0 aromatic carbocycles. The number of carbonyl (C=O) groups excluding carboxylic acids is 1. The molecule has 1 amide bonds. The van der Waals surface area contributed by atoms with Crippen molar-refractivity contribution in [2.24, 2.45) is 0 Å². The summed E-state index contributed by atoms with van der Waals surface area (Å²) in [6.07, 6.45) is -32.0. The highest BCUT2D eigenvalue weighted by atomic mass is 32.2. The molecule has 304 valence electrons. The van der Waals surface area contributed by atoms with Gasteiger partial charge in [0.1, 0.15) is 79.2 Å². The summed E-state index contributed by atoms with van der Waals surface area (Å²) in [5, 5.41) is 116. The molecule has 0 saturated carbocycles. The highest BCUT2D eigenvalue weighted by Gasteiger charge is 2.56. The van der Waals surface area contributed by atoms with E-state index >= 15 is 0 Å². The molecule has 26 nitrogen and oxygen atoms in total. The van der Waals surface area contributed by atoms with Gasteiger partial charge in [0.25, 0.3) is 0 Å². The van der Waals surface area contributed by atoms with Crippen molar-refractivity contribution in [3.8, 4) is 0 Å². The minimum Gasteiger partial charge on any atom is -0.479 e. The maximum Gasteiger partial charge on any atom is 0.371 e. The van der Waals surface area contributed by atoms with Gasteiger partial charge in [-0.25, -0.2) is 9.59 Å². The van der Waals surface area contributed by atoms with Gasteiger partial charge < -0.3 is 94.6 Å². The predicted octanol–water partition coefficient (Wildman–Crippen LogP) is -8.87. The number of nitrogens with one attached hydrogen (secondary N) is 2. The number of hydrogen-bond acceptors (Lipinski definition) is 21. The lowest BCUT2D eigenvalue weighted by atomic mass is 9.94. The second-order valence-electron chi connectivity index (χ2n) is 12.1. The first-order valence-electron chi connectivity index (χ1n) is 15.5. The number of hydrogen-bond donors (Lipinski definition) is 14. The summed E-state index contributed by atoms with van der Waals surface area (Å²) in [6.45, 7) is -1.09. The van der Waals surface area contributed by atoms with Crippen LogP contribution in [0.2, 0.25) is 0 Å². The van der Waals surface area contributed by atoms with Crippen LogP contribution in [0.3, 0.4) is 0 Å². The number of carboxylic acids is 2. The summed E-state index contributed by atoms with van der Waals surface area (Å²) in [7, 11) is -5.09. The van der Waals surface area contributed by atoms with Gasteiger partial charge in [0, 0.05) is 6.92 Å². The Hall–Kier alpha value is -2.78. The average molecular weight is 797 g/mol. The summed E-state index contributed by atoms with van der Waals surface area (Å²) < 4.78 is 70.8. The Labute approximate surface area is 297 Å². The van der Waals surface area contributed by atoms with Gasteiger partial charge in [-0.2, -0.15) is 13.1 Å².